The fraction of sp³-hybridized carbons (Fsp3) is 0.409. The molecule has 0 aromatic heterocycles. The Kier molecular flexibility index (Phi) is 6.00. The molecule has 1 fully saturated rings. The van der Waals surface area contributed by atoms with Gasteiger partial charge in [0.15, 0.2) is 5.78 Å². The zero-order valence-corrected chi connectivity index (χ0v) is 16.4. The van der Waals surface area contributed by atoms with Crippen LogP contribution in [0.4, 0.5) is 11.4 Å². The van der Waals surface area contributed by atoms with E-state index in [1.165, 1.54) is 0 Å². The maximum atomic E-state index is 13.4. The number of halogens is 1. The number of benzene rings is 2. The number of hydrogen-bond donors (Lipinski definition) is 1. The molecule has 0 aliphatic carbocycles. The lowest BCUT2D eigenvalue weighted by atomic mass is 9.70. The zero-order valence-electron chi connectivity index (χ0n) is 15.6. The van der Waals surface area contributed by atoms with E-state index in [1.54, 1.807) is 0 Å². The van der Waals surface area contributed by atoms with Crippen molar-refractivity contribution < 1.29 is 4.79 Å². The molecule has 0 amide bonds. The van der Waals surface area contributed by atoms with Crippen molar-refractivity contribution in [3.63, 3.8) is 0 Å². The lowest BCUT2D eigenvalue weighted by Crippen LogP contribution is -2.42. The number of para-hydroxylation sites is 1. The first-order valence-electron chi connectivity index (χ1n) is 9.41. The molecule has 1 heterocycles. The van der Waals surface area contributed by atoms with E-state index in [2.05, 4.69) is 12.2 Å². The van der Waals surface area contributed by atoms with E-state index in [0.717, 1.165) is 55.7 Å². The van der Waals surface area contributed by atoms with Gasteiger partial charge in [0.05, 0.1) is 10.7 Å². The Morgan fingerprint density at radius 2 is 1.85 bits per heavy atom. The highest BCUT2D eigenvalue weighted by Gasteiger charge is 2.39. The molecular weight excluding hydrogens is 344 g/mol. The summed E-state index contributed by atoms with van der Waals surface area (Å²) in [5.41, 5.74) is 2.44. The number of rotatable bonds is 6. The molecule has 2 aromatic carbocycles. The molecule has 1 aliphatic rings. The molecule has 26 heavy (non-hydrogen) atoms. The summed E-state index contributed by atoms with van der Waals surface area (Å²) in [7, 11) is 1.98. The summed E-state index contributed by atoms with van der Waals surface area (Å²) < 4.78 is 0. The van der Waals surface area contributed by atoms with Gasteiger partial charge in [-0.25, -0.2) is 0 Å². The monoisotopic (exact) mass is 370 g/mol. The lowest BCUT2D eigenvalue weighted by Gasteiger charge is -2.36. The molecule has 3 nitrogen and oxygen atoms in total. The summed E-state index contributed by atoms with van der Waals surface area (Å²) >= 11 is 6.46. The molecule has 0 saturated carbocycles. The van der Waals surface area contributed by atoms with Gasteiger partial charge in [0.2, 0.25) is 0 Å². The zero-order chi connectivity index (χ0) is 18.6. The summed E-state index contributed by atoms with van der Waals surface area (Å²) in [4.78, 5) is 15.5. The van der Waals surface area contributed by atoms with Gasteiger partial charge < -0.3 is 10.2 Å². The van der Waals surface area contributed by atoms with Crippen LogP contribution in [0.15, 0.2) is 48.5 Å². The van der Waals surface area contributed by atoms with Crippen LogP contribution in [0.2, 0.25) is 5.02 Å². The van der Waals surface area contributed by atoms with Crippen LogP contribution in [-0.2, 0) is 0 Å². The maximum Gasteiger partial charge on any atom is 0.169 e. The quantitative estimate of drug-likeness (QED) is 0.685. The number of nitrogens with one attached hydrogen (secondary N) is 1. The molecule has 2 aromatic rings. The second-order valence-electron chi connectivity index (χ2n) is 7.17. The highest BCUT2D eigenvalue weighted by molar-refractivity contribution is 6.33. The Bertz CT molecular complexity index is 748. The highest BCUT2D eigenvalue weighted by atomic mass is 35.5. The Morgan fingerprint density at radius 1 is 1.15 bits per heavy atom. The molecule has 1 aliphatic heterocycles. The molecule has 138 valence electrons. The molecule has 0 atom stereocenters. The van der Waals surface area contributed by atoms with Crippen LogP contribution in [-0.4, -0.2) is 25.9 Å². The van der Waals surface area contributed by atoms with Gasteiger partial charge in [0.25, 0.3) is 0 Å². The lowest BCUT2D eigenvalue weighted by molar-refractivity contribution is 0.0704. The molecule has 0 spiro atoms. The van der Waals surface area contributed by atoms with Crippen LogP contribution in [0.3, 0.4) is 0 Å². The van der Waals surface area contributed by atoms with E-state index in [4.69, 9.17) is 11.6 Å². The van der Waals surface area contributed by atoms with Gasteiger partial charge >= 0.3 is 0 Å². The number of carbonyl (C=O) groups excluding carboxylic acids is 1. The van der Waals surface area contributed by atoms with Gasteiger partial charge in [-0.1, -0.05) is 43.1 Å². The summed E-state index contributed by atoms with van der Waals surface area (Å²) in [5, 5.41) is 4.04. The Labute approximate surface area is 161 Å². The van der Waals surface area contributed by atoms with E-state index >= 15 is 0 Å². The van der Waals surface area contributed by atoms with Crippen molar-refractivity contribution in [2.45, 2.75) is 32.6 Å². The molecule has 3 rings (SSSR count). The number of carbonyl (C=O) groups is 1. The smallest absolute Gasteiger partial charge is 0.169 e. The second kappa shape index (κ2) is 8.24. The van der Waals surface area contributed by atoms with Gasteiger partial charge in [-0.05, 0) is 62.7 Å². The molecule has 4 heteroatoms. The molecule has 1 N–H and O–H groups in total. The number of Topliss-reactive ketones (excluding diaryl/α,β-unsaturated/α-hetero) is 1. The normalized spacial score (nSPS) is 16.3. The van der Waals surface area contributed by atoms with Crippen molar-refractivity contribution in [1.29, 1.82) is 0 Å². The van der Waals surface area contributed by atoms with Crippen molar-refractivity contribution in [2.24, 2.45) is 5.41 Å². The number of hydrogen-bond acceptors (Lipinski definition) is 3. The third-order valence-corrected chi connectivity index (χ3v) is 5.80. The van der Waals surface area contributed by atoms with Crippen molar-refractivity contribution in [3.8, 4) is 0 Å². The number of nitrogens with zero attached hydrogens (tertiary/aromatic N) is 1. The largest absolute Gasteiger partial charge is 0.343 e. The van der Waals surface area contributed by atoms with Crippen molar-refractivity contribution in [3.05, 3.63) is 59.1 Å². The van der Waals surface area contributed by atoms with E-state index in [1.807, 2.05) is 60.5 Å². The second-order valence-corrected chi connectivity index (χ2v) is 7.58. The minimum absolute atomic E-state index is 0.240. The van der Waals surface area contributed by atoms with Gasteiger partial charge in [0.1, 0.15) is 0 Å². The van der Waals surface area contributed by atoms with Crippen molar-refractivity contribution in [1.82, 2.24) is 5.32 Å². The first-order valence-corrected chi connectivity index (χ1v) is 9.79. The third kappa shape index (κ3) is 3.79. The Balaban J connectivity index is 1.94. The predicted octanol–water partition coefficient (Wildman–Crippen LogP) is 5.46. The van der Waals surface area contributed by atoms with Gasteiger partial charge in [-0.15, -0.1) is 0 Å². The predicted molar refractivity (Wildman–Crippen MR) is 110 cm³/mol. The van der Waals surface area contributed by atoms with Gasteiger partial charge in [-0.2, -0.15) is 0 Å². The van der Waals surface area contributed by atoms with Crippen molar-refractivity contribution in [2.75, 3.05) is 25.0 Å². The van der Waals surface area contributed by atoms with Crippen LogP contribution in [0.25, 0.3) is 0 Å². The average molecular weight is 371 g/mol. The number of anilines is 2. The average Bonchev–Trinajstić information content (AvgIpc) is 2.69. The maximum absolute atomic E-state index is 13.4. The Hall–Kier alpha value is -1.84. The van der Waals surface area contributed by atoms with Crippen molar-refractivity contribution >= 4 is 28.8 Å². The molecule has 1 saturated heterocycles. The van der Waals surface area contributed by atoms with E-state index < -0.39 is 0 Å². The fourth-order valence-electron chi connectivity index (χ4n) is 3.98. The van der Waals surface area contributed by atoms with Crippen LogP contribution in [0, 0.1) is 5.41 Å². The first-order chi connectivity index (χ1) is 12.6. The van der Waals surface area contributed by atoms with Crippen LogP contribution in [0.5, 0.6) is 0 Å². The van der Waals surface area contributed by atoms with Crippen LogP contribution in [0.1, 0.15) is 43.0 Å². The molecule has 0 bridgehead atoms. The minimum atomic E-state index is -0.240. The highest BCUT2D eigenvalue weighted by Crippen LogP contribution is 2.39. The summed E-state index contributed by atoms with van der Waals surface area (Å²) in [5.74, 6) is 0.264. The van der Waals surface area contributed by atoms with Crippen LogP contribution >= 0.6 is 11.6 Å². The standard InChI is InChI=1S/C22H27ClN2O/c1-3-11-22(12-14-24-15-13-22)21(26)17-9-10-19(23)20(16-17)25(2)18-7-5-4-6-8-18/h4-10,16,24H,3,11-15H2,1-2H3. The minimum Gasteiger partial charge on any atom is -0.343 e. The van der Waals surface area contributed by atoms with Gasteiger partial charge in [-0.3, -0.25) is 4.79 Å². The SMILES string of the molecule is CCCC1(C(=O)c2ccc(Cl)c(N(C)c3ccccc3)c2)CCNCC1. The van der Waals surface area contributed by atoms with Crippen LogP contribution < -0.4 is 10.2 Å². The number of ketones is 1. The van der Waals surface area contributed by atoms with E-state index in [9.17, 15) is 4.79 Å². The first kappa shape index (κ1) is 18.9. The summed E-state index contributed by atoms with van der Waals surface area (Å²) in [6, 6.07) is 15.8. The Morgan fingerprint density at radius 3 is 2.50 bits per heavy atom. The summed E-state index contributed by atoms with van der Waals surface area (Å²) in [6.45, 7) is 3.99. The summed E-state index contributed by atoms with van der Waals surface area (Å²) in [6.07, 6.45) is 3.79. The number of piperidine rings is 1. The molecule has 0 unspecified atom stereocenters. The van der Waals surface area contributed by atoms with E-state index in [0.29, 0.717) is 5.02 Å². The molecule has 0 radical (unpaired) electrons. The van der Waals surface area contributed by atoms with E-state index in [-0.39, 0.29) is 11.2 Å². The van der Waals surface area contributed by atoms with Gasteiger partial charge in [0, 0.05) is 23.7 Å². The topological polar surface area (TPSA) is 32.3 Å². The fourth-order valence-corrected chi connectivity index (χ4v) is 4.23. The third-order valence-electron chi connectivity index (χ3n) is 5.48. The molecular formula is C22H27ClN2O.